The third kappa shape index (κ3) is 3.35. The number of benzene rings is 2. The zero-order valence-corrected chi connectivity index (χ0v) is 16.8. The van der Waals surface area contributed by atoms with E-state index < -0.39 is 46.2 Å². The third-order valence-electron chi connectivity index (χ3n) is 5.15. The Morgan fingerprint density at radius 1 is 1.03 bits per heavy atom. The number of para-hydroxylation sites is 1. The molecule has 0 saturated carbocycles. The van der Waals surface area contributed by atoms with Gasteiger partial charge < -0.3 is 15.4 Å². The Morgan fingerprint density at radius 2 is 1.67 bits per heavy atom. The molecule has 1 atom stereocenters. The fourth-order valence-corrected chi connectivity index (χ4v) is 3.59. The molecule has 9 nitrogen and oxygen atoms in total. The normalized spacial score (nSPS) is 17.3. The molecule has 12 heteroatoms. The molecule has 2 heterocycles. The quantitative estimate of drug-likeness (QED) is 0.547. The Labute approximate surface area is 182 Å². The van der Waals surface area contributed by atoms with Crippen molar-refractivity contribution in [2.24, 2.45) is 0 Å². The lowest BCUT2D eigenvalue weighted by Crippen LogP contribution is -2.62. The number of alkyl halides is 3. The van der Waals surface area contributed by atoms with Crippen molar-refractivity contribution in [1.82, 2.24) is 14.9 Å². The number of hydrogen-bond acceptors (Lipinski definition) is 5. The number of nitrogens with one attached hydrogen (secondary N) is 3. The Bertz CT molecular complexity index is 1360. The van der Waals surface area contributed by atoms with Crippen LogP contribution >= 0.6 is 0 Å². The first-order valence-corrected chi connectivity index (χ1v) is 9.40. The number of amides is 2. The van der Waals surface area contributed by atoms with E-state index in [9.17, 15) is 32.3 Å². The summed E-state index contributed by atoms with van der Waals surface area (Å²) in [6.45, 7) is 0. The molecule has 0 spiro atoms. The van der Waals surface area contributed by atoms with Crippen molar-refractivity contribution in [2.45, 2.75) is 11.7 Å². The minimum absolute atomic E-state index is 0.0924. The van der Waals surface area contributed by atoms with E-state index in [-0.39, 0.29) is 11.3 Å². The first-order chi connectivity index (χ1) is 15.6. The van der Waals surface area contributed by atoms with Gasteiger partial charge >= 0.3 is 11.9 Å². The summed E-state index contributed by atoms with van der Waals surface area (Å²) >= 11 is 0. The van der Waals surface area contributed by atoms with Gasteiger partial charge in [-0.25, -0.2) is 9.36 Å². The summed E-state index contributed by atoms with van der Waals surface area (Å²) < 4.78 is 48.9. The maximum absolute atomic E-state index is 14.4. The highest BCUT2D eigenvalue weighted by molar-refractivity contribution is 6.09. The highest BCUT2D eigenvalue weighted by Crippen LogP contribution is 2.45. The second kappa shape index (κ2) is 7.65. The van der Waals surface area contributed by atoms with Crippen LogP contribution in [0.5, 0.6) is 5.75 Å². The molecule has 3 aromatic rings. The minimum Gasteiger partial charge on any atom is -0.497 e. The number of nitrogens with zero attached hydrogens (tertiary/aromatic N) is 1. The predicted octanol–water partition coefficient (Wildman–Crippen LogP) is 1.67. The number of aromatic amines is 1. The third-order valence-corrected chi connectivity index (χ3v) is 5.15. The van der Waals surface area contributed by atoms with Crippen molar-refractivity contribution >= 4 is 17.6 Å². The summed E-state index contributed by atoms with van der Waals surface area (Å²) in [4.78, 5) is 52.4. The second-order valence-electron chi connectivity index (χ2n) is 7.04. The second-order valence-corrected chi connectivity index (χ2v) is 7.04. The van der Waals surface area contributed by atoms with Gasteiger partial charge in [0.25, 0.3) is 22.9 Å². The van der Waals surface area contributed by atoms with E-state index in [0.29, 0.717) is 5.75 Å². The molecule has 33 heavy (non-hydrogen) atoms. The molecule has 0 radical (unpaired) electrons. The zero-order valence-electron chi connectivity index (χ0n) is 16.8. The molecule has 170 valence electrons. The molecular weight excluding hydrogens is 445 g/mol. The van der Waals surface area contributed by atoms with Crippen LogP contribution in [0.1, 0.15) is 15.9 Å². The number of H-pyrrole nitrogens is 1. The zero-order chi connectivity index (χ0) is 24.0. The first kappa shape index (κ1) is 21.9. The van der Waals surface area contributed by atoms with Gasteiger partial charge in [-0.2, -0.15) is 13.2 Å². The molecular formula is C21H15F3N4O5. The predicted molar refractivity (Wildman–Crippen MR) is 109 cm³/mol. The molecule has 1 aliphatic rings. The van der Waals surface area contributed by atoms with Gasteiger partial charge in [-0.05, 0) is 36.4 Å². The van der Waals surface area contributed by atoms with Gasteiger partial charge in [0.2, 0.25) is 0 Å². The highest BCUT2D eigenvalue weighted by Gasteiger charge is 2.68. The summed E-state index contributed by atoms with van der Waals surface area (Å²) in [5.41, 5.74) is -7.54. The number of anilines is 1. The van der Waals surface area contributed by atoms with Crippen molar-refractivity contribution in [3.63, 3.8) is 0 Å². The largest absolute Gasteiger partial charge is 0.497 e. The lowest BCUT2D eigenvalue weighted by molar-refractivity contribution is -0.196. The summed E-state index contributed by atoms with van der Waals surface area (Å²) in [5, 5.41) is 3.65. The van der Waals surface area contributed by atoms with Crippen molar-refractivity contribution in [3.8, 4) is 11.4 Å². The fraction of sp³-hybridized carbons (Fsp3) is 0.143. The molecule has 2 amide bonds. The summed E-state index contributed by atoms with van der Waals surface area (Å²) in [7, 11) is 1.37. The average Bonchev–Trinajstić information content (AvgIpc) is 3.07. The Balaban J connectivity index is 1.93. The van der Waals surface area contributed by atoms with E-state index in [1.807, 2.05) is 5.32 Å². The van der Waals surface area contributed by atoms with Gasteiger partial charge in [0.15, 0.2) is 0 Å². The monoisotopic (exact) mass is 460 g/mol. The van der Waals surface area contributed by atoms with Crippen LogP contribution in [0.2, 0.25) is 0 Å². The molecule has 2 aromatic carbocycles. The van der Waals surface area contributed by atoms with Crippen molar-refractivity contribution < 1.29 is 27.5 Å². The van der Waals surface area contributed by atoms with E-state index >= 15 is 0 Å². The van der Waals surface area contributed by atoms with E-state index in [2.05, 4.69) is 0 Å². The van der Waals surface area contributed by atoms with Gasteiger partial charge in [0.1, 0.15) is 17.1 Å². The number of hydrogen-bond donors (Lipinski definition) is 3. The lowest BCUT2D eigenvalue weighted by atomic mass is 9.91. The molecule has 0 saturated heterocycles. The van der Waals surface area contributed by atoms with E-state index in [1.54, 1.807) is 16.4 Å². The summed E-state index contributed by atoms with van der Waals surface area (Å²) in [6.07, 6.45) is -5.43. The SMILES string of the molecule is COc1ccc(C(=O)N[C@@]2(C(F)(F)F)C(=O)Nc3c2c(=O)[nH]c(=O)n3-c2ccccc2)cc1. The molecule has 4 rings (SSSR count). The van der Waals surface area contributed by atoms with Crippen LogP contribution in [0.3, 0.4) is 0 Å². The lowest BCUT2D eigenvalue weighted by Gasteiger charge is -2.30. The number of aromatic nitrogens is 2. The number of methoxy groups -OCH3 is 1. The van der Waals surface area contributed by atoms with Crippen molar-refractivity contribution in [3.05, 3.63) is 86.6 Å². The van der Waals surface area contributed by atoms with Crippen LogP contribution in [0.4, 0.5) is 19.0 Å². The Morgan fingerprint density at radius 3 is 2.24 bits per heavy atom. The number of rotatable bonds is 4. The topological polar surface area (TPSA) is 122 Å². The van der Waals surface area contributed by atoms with Crippen LogP contribution in [-0.2, 0) is 10.3 Å². The standard InChI is InChI=1S/C21H15F3N4O5/c1-33-13-9-7-11(8-10-13)16(29)27-20(21(22,23)24)14-15(25-18(20)31)28(19(32)26-17(14)30)12-5-3-2-4-6-12/h2-10H,1H3,(H,25,31)(H,27,29)(H,26,30,32)/t20-/m1/s1. The van der Waals surface area contributed by atoms with E-state index in [4.69, 9.17) is 4.74 Å². The first-order valence-electron chi connectivity index (χ1n) is 9.40. The molecule has 0 fully saturated rings. The molecule has 1 aliphatic heterocycles. The number of ether oxygens (including phenoxy) is 1. The molecule has 3 N–H and O–H groups in total. The molecule has 0 unspecified atom stereocenters. The van der Waals surface area contributed by atoms with Gasteiger partial charge in [0, 0.05) is 5.56 Å². The van der Waals surface area contributed by atoms with Crippen LogP contribution < -0.4 is 26.6 Å². The highest BCUT2D eigenvalue weighted by atomic mass is 19.4. The number of carbonyl (C=O) groups excluding carboxylic acids is 2. The Hall–Kier alpha value is -4.35. The maximum atomic E-state index is 14.4. The smallest absolute Gasteiger partial charge is 0.425 e. The number of carbonyl (C=O) groups is 2. The van der Waals surface area contributed by atoms with Gasteiger partial charge in [-0.3, -0.25) is 19.4 Å². The van der Waals surface area contributed by atoms with Crippen molar-refractivity contribution in [2.75, 3.05) is 12.4 Å². The minimum atomic E-state index is -5.43. The maximum Gasteiger partial charge on any atom is 0.425 e. The fourth-order valence-electron chi connectivity index (χ4n) is 3.59. The van der Waals surface area contributed by atoms with E-state index in [1.165, 1.54) is 55.6 Å². The van der Waals surface area contributed by atoms with Gasteiger partial charge in [-0.1, -0.05) is 18.2 Å². The number of fused-ring (bicyclic) bond motifs is 1. The van der Waals surface area contributed by atoms with Crippen LogP contribution in [0.25, 0.3) is 5.69 Å². The summed E-state index contributed by atoms with van der Waals surface area (Å²) in [5.74, 6) is -3.33. The molecule has 0 aliphatic carbocycles. The van der Waals surface area contributed by atoms with Gasteiger partial charge in [-0.15, -0.1) is 0 Å². The van der Waals surface area contributed by atoms with E-state index in [0.717, 1.165) is 4.57 Å². The molecule has 0 bridgehead atoms. The number of halogens is 3. The molecule has 1 aromatic heterocycles. The Kier molecular flexibility index (Phi) is 5.07. The van der Waals surface area contributed by atoms with Crippen LogP contribution in [0, 0.1) is 0 Å². The average molecular weight is 460 g/mol. The van der Waals surface area contributed by atoms with Gasteiger partial charge in [0.05, 0.1) is 12.8 Å². The van der Waals surface area contributed by atoms with Crippen molar-refractivity contribution in [1.29, 1.82) is 0 Å². The van der Waals surface area contributed by atoms with Crippen LogP contribution in [-0.4, -0.2) is 34.7 Å². The summed E-state index contributed by atoms with van der Waals surface area (Å²) in [6, 6.07) is 12.5. The van der Waals surface area contributed by atoms with Crippen LogP contribution in [0.15, 0.2) is 64.2 Å².